The quantitative estimate of drug-likeness (QED) is 0.0958. The molecule has 24 rings (SSSR count). The Morgan fingerprint density at radius 1 is 0.142 bits per heavy atom. The lowest BCUT2D eigenvalue weighted by atomic mass is 9.80. The van der Waals surface area contributed by atoms with Gasteiger partial charge in [0.25, 0.3) is 0 Å². The van der Waals surface area contributed by atoms with Gasteiger partial charge in [-0.05, 0) is 357 Å². The average Bonchev–Trinajstić information content (AvgIpc) is 0.714. The van der Waals surface area contributed by atoms with E-state index in [1.807, 2.05) is 36.4 Å². The Hall–Kier alpha value is -16.2. The maximum Gasteiger partial charge on any atom is 0.118 e. The number of ether oxygens (including phenoxy) is 3. The van der Waals surface area contributed by atoms with Crippen molar-refractivity contribution in [3.05, 3.63) is 452 Å². The van der Waals surface area contributed by atoms with Gasteiger partial charge < -0.3 is 14.2 Å². The van der Waals surface area contributed by atoms with Crippen molar-refractivity contribution in [2.24, 2.45) is 0 Å². The van der Waals surface area contributed by atoms with Crippen LogP contribution in [0.3, 0.4) is 0 Å². The van der Waals surface area contributed by atoms with E-state index < -0.39 is 0 Å². The second kappa shape index (κ2) is 36.3. The van der Waals surface area contributed by atoms with Gasteiger partial charge in [0, 0.05) is 0 Å². The van der Waals surface area contributed by atoms with Gasteiger partial charge in [0.05, 0.1) is 21.3 Å². The smallest absolute Gasteiger partial charge is 0.118 e. The maximum atomic E-state index is 5.51. The fourth-order valence-electron chi connectivity index (χ4n) is 21.7. The zero-order chi connectivity index (χ0) is 96.9. The van der Waals surface area contributed by atoms with Gasteiger partial charge in [-0.2, -0.15) is 0 Å². The molecule has 0 bridgehead atoms. The normalized spacial score (nSPS) is 11.9. The zero-order valence-corrected chi connectivity index (χ0v) is 83.1. The van der Waals surface area contributed by atoms with E-state index in [1.54, 1.807) is 21.3 Å². The SMILES string of the molecule is CC(C)(C)c1ccc(-c2cc(-c3ccccc3)c3ccc4c(-c5ccc(C(C)(C)C)cc5)cc(-c5ccc(C(C)(C)C)cc5)c5ccc2c3c45)cc1.COc1ccc(-c2cc(-c3ccccc3)c3ccc4c(-c5ccc(OC)cc5)cc(-c5ccc(OC)cc5)c5ccc2c3c45)cc1.Cc1ccc(-c2cc(-c3ccccc3)c3ccc4c(-c5ccc(C)cc5)cc(-c5ccc(C)cc5)c5ccc2c3c45)cc1. The first kappa shape index (κ1) is 90.0. The monoisotopic (exact) mass is 1820 g/mol. The van der Waals surface area contributed by atoms with Gasteiger partial charge in [0.1, 0.15) is 17.2 Å². The van der Waals surface area contributed by atoms with Crippen molar-refractivity contribution in [2.75, 3.05) is 21.3 Å². The molecule has 0 heterocycles. The third-order valence-electron chi connectivity index (χ3n) is 29.4. The number of aryl methyl sites for hydroxylation is 3. The topological polar surface area (TPSA) is 27.7 Å². The molecule has 0 spiro atoms. The number of rotatable bonds is 15. The van der Waals surface area contributed by atoms with E-state index in [4.69, 9.17) is 14.2 Å². The highest BCUT2D eigenvalue weighted by Crippen LogP contribution is 2.55. The third-order valence-corrected chi connectivity index (χ3v) is 29.4. The largest absolute Gasteiger partial charge is 0.497 e. The standard InChI is InChI=1S/C52H50.C43H32O3.C43H32/c1-50(2,3)37-21-15-34(16-22-37)45-31-44(33-13-11-10-12-14-33)40-27-28-42-46(35-17-23-38(24-18-35)51(4,5)6)32-47(43-30-29-41(45)48(40)49(42)43)36-19-25-39(26-20-36)52(7,8)9;1-44-31-15-9-28(10-16-31)39-25-38(27-7-5-4-6-8-27)34-21-22-36-40(29-11-17-32(45-2)18-12-29)26-41(30-13-19-33(46-3)20-14-30)37-24-23-35(39)42(34)43(36)37;1-27-9-15-31(16-10-27)39-25-38(30-7-5-4-6-8-30)34-21-22-36-40(32-17-11-28(2)12-18-32)26-41(33-19-13-29(3)14-20-33)37-24-23-35(39)42(34)43(36)37/h10-32H,1-9H3;4-26H,1-3H3;4-26H,1-3H3. The fraction of sp³-hybridized carbons (Fsp3) is 0.130. The number of hydrogen-bond donors (Lipinski definition) is 0. The van der Waals surface area contributed by atoms with Gasteiger partial charge in [-0.3, -0.25) is 0 Å². The Bertz CT molecular complexity index is 8550. The number of methoxy groups -OCH3 is 3. The van der Waals surface area contributed by atoms with Crippen molar-refractivity contribution in [3.8, 4) is 151 Å². The van der Waals surface area contributed by atoms with Gasteiger partial charge >= 0.3 is 0 Å². The molecule has 0 radical (unpaired) electrons. The van der Waals surface area contributed by atoms with Crippen LogP contribution in [0.15, 0.2) is 419 Å². The first-order valence-corrected chi connectivity index (χ1v) is 49.4. The fourth-order valence-corrected chi connectivity index (χ4v) is 21.7. The summed E-state index contributed by atoms with van der Waals surface area (Å²) in [7, 11) is 5.12. The summed E-state index contributed by atoms with van der Waals surface area (Å²) in [4.78, 5) is 0. The van der Waals surface area contributed by atoms with E-state index in [1.165, 1.54) is 247 Å². The molecule has 3 nitrogen and oxygen atoms in total. The summed E-state index contributed by atoms with van der Waals surface area (Å²) >= 11 is 0. The summed E-state index contributed by atoms with van der Waals surface area (Å²) in [6.07, 6.45) is 0. The van der Waals surface area contributed by atoms with Crippen LogP contribution in [0.1, 0.15) is 95.7 Å². The molecule has 24 aromatic rings. The molecule has 0 fully saturated rings. The highest BCUT2D eigenvalue weighted by Gasteiger charge is 2.28. The zero-order valence-electron chi connectivity index (χ0n) is 83.1. The lowest BCUT2D eigenvalue weighted by Crippen LogP contribution is -2.10. The van der Waals surface area contributed by atoms with Crippen LogP contribution in [0.25, 0.3) is 230 Å². The minimum atomic E-state index is 0.0937. The average molecular weight is 1820 g/mol. The minimum Gasteiger partial charge on any atom is -0.497 e. The van der Waals surface area contributed by atoms with E-state index in [-0.39, 0.29) is 16.2 Å². The Morgan fingerprint density at radius 3 is 0.404 bits per heavy atom. The molecule has 0 N–H and O–H groups in total. The van der Waals surface area contributed by atoms with Crippen LogP contribution in [0.5, 0.6) is 17.2 Å². The molecule has 684 valence electrons. The van der Waals surface area contributed by atoms with Crippen LogP contribution < -0.4 is 14.2 Å². The van der Waals surface area contributed by atoms with Crippen LogP contribution in [0.4, 0.5) is 0 Å². The van der Waals surface area contributed by atoms with Crippen LogP contribution in [-0.4, -0.2) is 21.3 Å². The predicted octanol–water partition coefficient (Wildman–Crippen LogP) is 38.6. The van der Waals surface area contributed by atoms with Gasteiger partial charge in [-0.1, -0.05) is 425 Å². The van der Waals surface area contributed by atoms with E-state index in [0.717, 1.165) is 33.9 Å². The predicted molar refractivity (Wildman–Crippen MR) is 606 cm³/mol. The molecule has 3 heteroatoms. The molecule has 0 aliphatic carbocycles. The van der Waals surface area contributed by atoms with E-state index in [9.17, 15) is 0 Å². The highest BCUT2D eigenvalue weighted by atomic mass is 16.5. The van der Waals surface area contributed by atoms with Gasteiger partial charge in [0.2, 0.25) is 0 Å². The van der Waals surface area contributed by atoms with Gasteiger partial charge in [-0.25, -0.2) is 0 Å². The summed E-state index contributed by atoms with van der Waals surface area (Å²) in [6.45, 7) is 27.1. The van der Waals surface area contributed by atoms with Crippen molar-refractivity contribution in [1.29, 1.82) is 0 Å². The number of hydrogen-bond acceptors (Lipinski definition) is 3. The summed E-state index contributed by atoms with van der Waals surface area (Å²) in [5.74, 6) is 2.53. The lowest BCUT2D eigenvalue weighted by molar-refractivity contribution is 0.415. The molecule has 0 saturated heterocycles. The minimum absolute atomic E-state index is 0.0937. The molecular formula is C138H114O3. The van der Waals surface area contributed by atoms with Crippen molar-refractivity contribution in [2.45, 2.75) is 99.3 Å². The van der Waals surface area contributed by atoms with Crippen molar-refractivity contribution < 1.29 is 14.2 Å². The van der Waals surface area contributed by atoms with Gasteiger partial charge in [-0.15, -0.1) is 0 Å². The molecule has 141 heavy (non-hydrogen) atoms. The van der Waals surface area contributed by atoms with E-state index in [0.29, 0.717) is 0 Å². The molecule has 0 atom stereocenters. The molecule has 0 unspecified atom stereocenters. The molecule has 0 aliphatic heterocycles. The Labute approximate surface area is 828 Å². The number of benzene rings is 24. The Balaban J connectivity index is 0.000000122. The molecule has 0 saturated carbocycles. The molecular weight excluding hydrogens is 1710 g/mol. The maximum absolute atomic E-state index is 5.51. The third kappa shape index (κ3) is 16.7. The Kier molecular flexibility index (Phi) is 23.2. The summed E-state index contributed by atoms with van der Waals surface area (Å²) in [6, 6.07) is 155. The lowest BCUT2D eigenvalue weighted by Gasteiger charge is -2.23. The molecule has 24 aromatic carbocycles. The van der Waals surface area contributed by atoms with Crippen LogP contribution in [0.2, 0.25) is 0 Å². The van der Waals surface area contributed by atoms with Crippen LogP contribution >= 0.6 is 0 Å². The van der Waals surface area contributed by atoms with Crippen LogP contribution in [0, 0.1) is 20.8 Å². The van der Waals surface area contributed by atoms with E-state index >= 15 is 0 Å². The molecule has 0 aliphatic rings. The summed E-state index contributed by atoms with van der Waals surface area (Å²) in [5.41, 5.74) is 37.8. The van der Waals surface area contributed by atoms with Crippen molar-refractivity contribution in [3.63, 3.8) is 0 Å². The first-order chi connectivity index (χ1) is 68.4. The molecule has 0 amide bonds. The van der Waals surface area contributed by atoms with Crippen molar-refractivity contribution >= 4 is 97.0 Å². The second-order valence-corrected chi connectivity index (χ2v) is 41.4. The van der Waals surface area contributed by atoms with Gasteiger partial charge in [0.15, 0.2) is 0 Å². The van der Waals surface area contributed by atoms with Crippen LogP contribution in [-0.2, 0) is 16.2 Å². The highest BCUT2D eigenvalue weighted by molar-refractivity contribution is 6.35. The van der Waals surface area contributed by atoms with Crippen molar-refractivity contribution in [1.82, 2.24) is 0 Å². The first-order valence-electron chi connectivity index (χ1n) is 49.4. The summed E-state index contributed by atoms with van der Waals surface area (Å²) in [5, 5.41) is 23.2. The molecule has 0 aromatic heterocycles. The Morgan fingerprint density at radius 2 is 0.270 bits per heavy atom. The summed E-state index contributed by atoms with van der Waals surface area (Å²) < 4.78 is 16.5. The second-order valence-electron chi connectivity index (χ2n) is 41.4. The van der Waals surface area contributed by atoms with E-state index in [2.05, 4.69) is 465 Å².